The molecule has 6 nitrogen and oxygen atoms in total. The zero-order valence-electron chi connectivity index (χ0n) is 18.9. The zero-order chi connectivity index (χ0) is 22.8. The van der Waals surface area contributed by atoms with Crippen molar-refractivity contribution in [1.82, 2.24) is 9.88 Å². The predicted octanol–water partition coefficient (Wildman–Crippen LogP) is 4.31. The van der Waals surface area contributed by atoms with Gasteiger partial charge in [-0.2, -0.15) is 0 Å². The molecule has 2 unspecified atom stereocenters. The minimum absolute atomic E-state index is 0.0390. The molecule has 32 heavy (non-hydrogen) atoms. The highest BCUT2D eigenvalue weighted by Gasteiger charge is 2.27. The molecular weight excluding hydrogens is 404 g/mol. The first-order valence-electron chi connectivity index (χ1n) is 10.9. The highest BCUT2D eigenvalue weighted by Crippen LogP contribution is 2.28. The molecule has 0 radical (unpaired) electrons. The van der Waals surface area contributed by atoms with Gasteiger partial charge in [0, 0.05) is 24.0 Å². The lowest BCUT2D eigenvalue weighted by Gasteiger charge is -2.35. The van der Waals surface area contributed by atoms with E-state index in [2.05, 4.69) is 6.07 Å². The molecule has 6 heteroatoms. The third-order valence-corrected chi connectivity index (χ3v) is 5.69. The number of para-hydroxylation sites is 1. The van der Waals surface area contributed by atoms with Gasteiger partial charge < -0.3 is 14.4 Å². The number of hydrogen-bond acceptors (Lipinski definition) is 5. The molecule has 1 aliphatic heterocycles. The molecule has 1 fully saturated rings. The summed E-state index contributed by atoms with van der Waals surface area (Å²) in [4.78, 5) is 32.1. The summed E-state index contributed by atoms with van der Waals surface area (Å²) in [6.07, 6.45) is -0.0781. The number of esters is 1. The Balaban J connectivity index is 1.60. The monoisotopic (exact) mass is 432 g/mol. The number of carbonyl (C=O) groups excluding carboxylic acids is 2. The van der Waals surface area contributed by atoms with Crippen LogP contribution in [-0.4, -0.2) is 53.7 Å². The van der Waals surface area contributed by atoms with Crippen LogP contribution in [0.5, 0.6) is 0 Å². The molecule has 1 aliphatic rings. The average Bonchev–Trinajstić information content (AvgIpc) is 2.75. The summed E-state index contributed by atoms with van der Waals surface area (Å²) in [6, 6.07) is 15.4. The first-order chi connectivity index (χ1) is 15.3. The van der Waals surface area contributed by atoms with Gasteiger partial charge in [-0.15, -0.1) is 0 Å². The lowest BCUT2D eigenvalue weighted by atomic mass is 9.99. The molecule has 1 aromatic heterocycles. The van der Waals surface area contributed by atoms with Crippen molar-refractivity contribution in [3.8, 4) is 11.3 Å². The molecule has 2 atom stereocenters. The first-order valence-corrected chi connectivity index (χ1v) is 10.9. The Kier molecular flexibility index (Phi) is 6.24. The number of aromatic nitrogens is 1. The number of fused-ring (bicyclic) bond motifs is 1. The van der Waals surface area contributed by atoms with Crippen LogP contribution < -0.4 is 0 Å². The Morgan fingerprint density at radius 1 is 1.06 bits per heavy atom. The molecule has 2 heterocycles. The quantitative estimate of drug-likeness (QED) is 0.575. The topological polar surface area (TPSA) is 68.7 Å². The predicted molar refractivity (Wildman–Crippen MR) is 124 cm³/mol. The molecule has 1 saturated heterocycles. The number of amides is 1. The first kappa shape index (κ1) is 22.0. The van der Waals surface area contributed by atoms with E-state index in [9.17, 15) is 9.59 Å². The fourth-order valence-electron chi connectivity index (χ4n) is 4.26. The highest BCUT2D eigenvalue weighted by molar-refractivity contribution is 6.05. The second-order valence-electron chi connectivity index (χ2n) is 8.52. The summed E-state index contributed by atoms with van der Waals surface area (Å²) in [7, 11) is 0. The van der Waals surface area contributed by atoms with Gasteiger partial charge in [-0.25, -0.2) is 9.78 Å². The molecule has 3 aromatic rings. The third kappa shape index (κ3) is 4.65. The van der Waals surface area contributed by atoms with Crippen LogP contribution in [0.15, 0.2) is 48.5 Å². The van der Waals surface area contributed by atoms with E-state index in [1.54, 1.807) is 11.0 Å². The molecular formula is C26H28N2O4. The fraction of sp³-hybridized carbons (Fsp3) is 0.346. The van der Waals surface area contributed by atoms with E-state index in [0.29, 0.717) is 35.2 Å². The van der Waals surface area contributed by atoms with Gasteiger partial charge in [0.05, 0.1) is 29.0 Å². The van der Waals surface area contributed by atoms with Crippen LogP contribution in [0.4, 0.5) is 0 Å². The van der Waals surface area contributed by atoms with Crippen molar-refractivity contribution in [2.24, 2.45) is 0 Å². The van der Waals surface area contributed by atoms with E-state index in [0.717, 1.165) is 16.7 Å². The number of pyridine rings is 1. The van der Waals surface area contributed by atoms with Gasteiger partial charge in [0.2, 0.25) is 0 Å². The highest BCUT2D eigenvalue weighted by atomic mass is 16.5. The van der Waals surface area contributed by atoms with Gasteiger partial charge in [0.15, 0.2) is 6.61 Å². The van der Waals surface area contributed by atoms with Gasteiger partial charge in [0.1, 0.15) is 0 Å². The van der Waals surface area contributed by atoms with Crippen molar-refractivity contribution in [3.63, 3.8) is 0 Å². The molecule has 2 aromatic carbocycles. The van der Waals surface area contributed by atoms with Crippen molar-refractivity contribution in [2.45, 2.75) is 39.9 Å². The summed E-state index contributed by atoms with van der Waals surface area (Å²) in [5, 5.41) is 0.701. The van der Waals surface area contributed by atoms with E-state index >= 15 is 0 Å². The Labute approximate surface area is 188 Å². The van der Waals surface area contributed by atoms with Crippen molar-refractivity contribution in [2.75, 3.05) is 19.7 Å². The Bertz CT molecular complexity index is 1160. The normalized spacial score (nSPS) is 18.6. The van der Waals surface area contributed by atoms with Crippen LogP contribution in [0.2, 0.25) is 0 Å². The van der Waals surface area contributed by atoms with E-state index in [1.165, 1.54) is 0 Å². The number of carbonyl (C=O) groups is 2. The summed E-state index contributed by atoms with van der Waals surface area (Å²) in [5.41, 5.74) is 5.02. The van der Waals surface area contributed by atoms with Crippen LogP contribution in [0, 0.1) is 13.8 Å². The number of benzene rings is 2. The van der Waals surface area contributed by atoms with Gasteiger partial charge in [-0.1, -0.05) is 42.0 Å². The molecule has 0 spiro atoms. The van der Waals surface area contributed by atoms with Gasteiger partial charge in [-0.05, 0) is 45.4 Å². The van der Waals surface area contributed by atoms with Crippen molar-refractivity contribution < 1.29 is 19.1 Å². The van der Waals surface area contributed by atoms with Crippen LogP contribution >= 0.6 is 0 Å². The lowest BCUT2D eigenvalue weighted by molar-refractivity contribution is -0.146. The SMILES string of the molecule is Cc1ccc(-c2cc(C(=O)OCC(=O)N3CC(C)OC(C)C3)c3ccccc3n2)c(C)c1. The number of rotatable bonds is 4. The standard InChI is InChI=1S/C26H28N2O4/c1-16-9-10-20(17(2)11-16)24-12-22(21-7-5-6-8-23(21)27-24)26(30)31-15-25(29)28-13-18(3)32-19(4)14-28/h5-12,18-19H,13-15H2,1-4H3. The van der Waals surface area contributed by atoms with Gasteiger partial charge in [0.25, 0.3) is 5.91 Å². The Morgan fingerprint density at radius 3 is 2.50 bits per heavy atom. The maximum atomic E-state index is 13.1. The van der Waals surface area contributed by atoms with Crippen LogP contribution in [0.25, 0.3) is 22.2 Å². The number of hydrogen-bond donors (Lipinski definition) is 0. The zero-order valence-corrected chi connectivity index (χ0v) is 18.9. The minimum atomic E-state index is -0.530. The van der Waals surface area contributed by atoms with Crippen LogP contribution in [-0.2, 0) is 14.3 Å². The Morgan fingerprint density at radius 2 is 1.78 bits per heavy atom. The second kappa shape index (κ2) is 9.09. The number of aryl methyl sites for hydroxylation is 2. The average molecular weight is 433 g/mol. The lowest BCUT2D eigenvalue weighted by Crippen LogP contribution is -2.49. The largest absolute Gasteiger partial charge is 0.452 e. The van der Waals surface area contributed by atoms with Crippen LogP contribution in [0.3, 0.4) is 0 Å². The number of morpholine rings is 1. The minimum Gasteiger partial charge on any atom is -0.452 e. The maximum Gasteiger partial charge on any atom is 0.339 e. The molecule has 0 saturated carbocycles. The van der Waals surface area contributed by atoms with E-state index in [4.69, 9.17) is 14.5 Å². The number of nitrogens with zero attached hydrogens (tertiary/aromatic N) is 2. The molecule has 0 bridgehead atoms. The summed E-state index contributed by atoms with van der Waals surface area (Å²) < 4.78 is 11.1. The van der Waals surface area contributed by atoms with Gasteiger partial charge in [-0.3, -0.25) is 4.79 Å². The molecule has 4 rings (SSSR count). The third-order valence-electron chi connectivity index (χ3n) is 5.69. The number of ether oxygens (including phenoxy) is 2. The molecule has 1 amide bonds. The fourth-order valence-corrected chi connectivity index (χ4v) is 4.26. The van der Waals surface area contributed by atoms with E-state index < -0.39 is 5.97 Å². The molecule has 0 aliphatic carbocycles. The van der Waals surface area contributed by atoms with Crippen molar-refractivity contribution >= 4 is 22.8 Å². The smallest absolute Gasteiger partial charge is 0.339 e. The molecule has 166 valence electrons. The second-order valence-corrected chi connectivity index (χ2v) is 8.52. The van der Waals surface area contributed by atoms with Crippen LogP contribution in [0.1, 0.15) is 35.3 Å². The summed E-state index contributed by atoms with van der Waals surface area (Å²) in [6.45, 7) is 8.62. The van der Waals surface area contributed by atoms with Crippen molar-refractivity contribution in [1.29, 1.82) is 0 Å². The summed E-state index contributed by atoms with van der Waals surface area (Å²) in [5.74, 6) is -0.745. The van der Waals surface area contributed by atoms with Gasteiger partial charge >= 0.3 is 5.97 Å². The maximum absolute atomic E-state index is 13.1. The Hall–Kier alpha value is -3.25. The molecule has 0 N–H and O–H groups in total. The van der Waals surface area contributed by atoms with E-state index in [1.807, 2.05) is 64.1 Å². The summed E-state index contributed by atoms with van der Waals surface area (Å²) >= 11 is 0. The van der Waals surface area contributed by atoms with E-state index in [-0.39, 0.29) is 24.7 Å². The van der Waals surface area contributed by atoms with Crippen molar-refractivity contribution in [3.05, 3.63) is 65.2 Å².